The number of carbonyl (C=O) groups is 1. The van der Waals surface area contributed by atoms with Crippen LogP contribution in [0.1, 0.15) is 15.9 Å². The zero-order chi connectivity index (χ0) is 19.6. The van der Waals surface area contributed by atoms with Crippen molar-refractivity contribution in [2.24, 2.45) is 0 Å². The molecular weight excluding hydrogens is 382 g/mol. The molecule has 0 aliphatic heterocycles. The van der Waals surface area contributed by atoms with Gasteiger partial charge in [-0.1, -0.05) is 35.1 Å². The van der Waals surface area contributed by atoms with Crippen LogP contribution < -0.4 is 14.5 Å². The SMILES string of the molecule is COc1ccc(C)c2sc(N(CC[NH+](C)C)C(=O)c3cccc(Cl)c3)nc12. The number of halogens is 1. The van der Waals surface area contributed by atoms with E-state index in [4.69, 9.17) is 21.3 Å². The summed E-state index contributed by atoms with van der Waals surface area (Å²) in [6.07, 6.45) is 0. The zero-order valence-corrected chi connectivity index (χ0v) is 17.4. The van der Waals surface area contributed by atoms with Crippen molar-refractivity contribution >= 4 is 44.2 Å². The fourth-order valence-electron chi connectivity index (χ4n) is 2.78. The smallest absolute Gasteiger partial charge is 0.260 e. The number of thiazole rings is 1. The molecule has 0 bridgehead atoms. The van der Waals surface area contributed by atoms with Crippen molar-refractivity contribution in [1.82, 2.24) is 4.98 Å². The summed E-state index contributed by atoms with van der Waals surface area (Å²) in [5.41, 5.74) is 2.46. The van der Waals surface area contributed by atoms with Gasteiger partial charge in [-0.15, -0.1) is 0 Å². The van der Waals surface area contributed by atoms with E-state index in [0.29, 0.717) is 28.0 Å². The van der Waals surface area contributed by atoms with Crippen LogP contribution in [0.2, 0.25) is 5.02 Å². The van der Waals surface area contributed by atoms with Gasteiger partial charge >= 0.3 is 0 Å². The minimum atomic E-state index is -0.102. The van der Waals surface area contributed by atoms with Crippen LogP contribution in [-0.2, 0) is 0 Å². The third kappa shape index (κ3) is 4.24. The van der Waals surface area contributed by atoms with Crippen molar-refractivity contribution in [3.8, 4) is 5.75 Å². The van der Waals surface area contributed by atoms with Gasteiger partial charge in [-0.3, -0.25) is 9.69 Å². The van der Waals surface area contributed by atoms with Gasteiger partial charge in [0.1, 0.15) is 11.3 Å². The number of nitrogens with zero attached hydrogens (tertiary/aromatic N) is 2. The van der Waals surface area contributed by atoms with Crippen LogP contribution in [0, 0.1) is 6.92 Å². The Morgan fingerprint density at radius 1 is 1.30 bits per heavy atom. The molecule has 3 rings (SSSR count). The number of nitrogens with one attached hydrogen (secondary N) is 1. The number of amides is 1. The summed E-state index contributed by atoms with van der Waals surface area (Å²) in [6.45, 7) is 3.41. The number of likely N-dealkylation sites (N-methyl/N-ethyl adjacent to an activating group) is 1. The largest absolute Gasteiger partial charge is 0.494 e. The second-order valence-electron chi connectivity index (χ2n) is 6.68. The molecule has 0 aliphatic rings. The van der Waals surface area contributed by atoms with E-state index < -0.39 is 0 Å². The molecule has 1 heterocycles. The monoisotopic (exact) mass is 404 g/mol. The lowest BCUT2D eigenvalue weighted by molar-refractivity contribution is -0.856. The maximum absolute atomic E-state index is 13.2. The van der Waals surface area contributed by atoms with Gasteiger partial charge in [0.2, 0.25) is 0 Å². The number of fused-ring (bicyclic) bond motifs is 1. The highest BCUT2D eigenvalue weighted by Crippen LogP contribution is 2.36. The Kier molecular flexibility index (Phi) is 5.99. The van der Waals surface area contributed by atoms with Crippen molar-refractivity contribution in [2.75, 3.05) is 39.2 Å². The summed E-state index contributed by atoms with van der Waals surface area (Å²) in [5.74, 6) is 0.612. The standard InChI is InChI=1S/C20H22ClN3O2S/c1-13-8-9-16(26-4)17-18(13)27-20(22-17)24(11-10-23(2)3)19(25)14-6-5-7-15(21)12-14/h5-9,12H,10-11H2,1-4H3/p+1. The number of hydrogen-bond acceptors (Lipinski definition) is 4. The Labute approximate surface area is 168 Å². The number of anilines is 1. The molecule has 2 aromatic carbocycles. The lowest BCUT2D eigenvalue weighted by Crippen LogP contribution is -3.06. The van der Waals surface area contributed by atoms with Crippen LogP contribution in [0.5, 0.6) is 5.75 Å². The van der Waals surface area contributed by atoms with Gasteiger partial charge in [-0.25, -0.2) is 4.98 Å². The third-order valence-corrected chi connectivity index (χ3v) is 5.74. The molecule has 3 aromatic rings. The first-order valence-electron chi connectivity index (χ1n) is 8.71. The van der Waals surface area contributed by atoms with Crippen LogP contribution >= 0.6 is 22.9 Å². The molecule has 0 aliphatic carbocycles. The van der Waals surface area contributed by atoms with E-state index in [1.165, 1.54) is 16.2 Å². The van der Waals surface area contributed by atoms with Gasteiger partial charge in [0, 0.05) is 10.6 Å². The Hall–Kier alpha value is -2.15. The normalized spacial score (nSPS) is 11.2. The van der Waals surface area contributed by atoms with E-state index >= 15 is 0 Å². The number of aromatic nitrogens is 1. The average Bonchev–Trinajstić information content (AvgIpc) is 3.08. The van der Waals surface area contributed by atoms with E-state index in [0.717, 1.165) is 22.3 Å². The number of aryl methyl sites for hydroxylation is 1. The lowest BCUT2D eigenvalue weighted by atomic mass is 10.2. The molecule has 0 radical (unpaired) electrons. The van der Waals surface area contributed by atoms with E-state index in [-0.39, 0.29) is 5.91 Å². The van der Waals surface area contributed by atoms with Crippen LogP contribution in [0.15, 0.2) is 36.4 Å². The zero-order valence-electron chi connectivity index (χ0n) is 15.9. The molecule has 1 N–H and O–H groups in total. The minimum Gasteiger partial charge on any atom is -0.494 e. The number of ether oxygens (including phenoxy) is 1. The number of hydrogen-bond donors (Lipinski definition) is 1. The summed E-state index contributed by atoms with van der Waals surface area (Å²) >= 11 is 7.60. The Morgan fingerprint density at radius 3 is 2.74 bits per heavy atom. The van der Waals surface area contributed by atoms with Gasteiger partial charge in [-0.2, -0.15) is 0 Å². The molecule has 1 aromatic heterocycles. The highest BCUT2D eigenvalue weighted by Gasteiger charge is 2.23. The van der Waals surface area contributed by atoms with Crippen molar-refractivity contribution in [3.63, 3.8) is 0 Å². The second kappa shape index (κ2) is 8.25. The van der Waals surface area contributed by atoms with Gasteiger partial charge < -0.3 is 9.64 Å². The molecule has 0 fully saturated rings. The van der Waals surface area contributed by atoms with Crippen molar-refractivity contribution in [3.05, 3.63) is 52.5 Å². The summed E-state index contributed by atoms with van der Waals surface area (Å²) in [4.78, 5) is 21.0. The molecule has 5 nitrogen and oxygen atoms in total. The van der Waals surface area contributed by atoms with Gasteiger partial charge in [0.15, 0.2) is 5.13 Å². The maximum atomic E-state index is 13.2. The molecule has 0 spiro atoms. The van der Waals surface area contributed by atoms with Crippen LogP contribution in [0.4, 0.5) is 5.13 Å². The average molecular weight is 405 g/mol. The first-order valence-corrected chi connectivity index (χ1v) is 9.90. The van der Waals surface area contributed by atoms with Crippen molar-refractivity contribution < 1.29 is 14.4 Å². The van der Waals surface area contributed by atoms with Gasteiger partial charge in [0.05, 0.1) is 39.0 Å². The number of benzene rings is 2. The maximum Gasteiger partial charge on any atom is 0.260 e. The highest BCUT2D eigenvalue weighted by atomic mass is 35.5. The van der Waals surface area contributed by atoms with E-state index in [2.05, 4.69) is 14.1 Å². The molecule has 0 saturated carbocycles. The fraction of sp³-hybridized carbons (Fsp3) is 0.300. The number of quaternary nitrogens is 1. The number of rotatable bonds is 6. The second-order valence-corrected chi connectivity index (χ2v) is 8.10. The quantitative estimate of drug-likeness (QED) is 0.686. The molecule has 142 valence electrons. The lowest BCUT2D eigenvalue weighted by Gasteiger charge is -2.20. The third-order valence-electron chi connectivity index (χ3n) is 4.30. The van der Waals surface area contributed by atoms with E-state index in [1.54, 1.807) is 36.3 Å². The Morgan fingerprint density at radius 2 is 2.07 bits per heavy atom. The Balaban J connectivity index is 2.06. The Bertz CT molecular complexity index is 971. The van der Waals surface area contributed by atoms with Gasteiger partial charge in [0.25, 0.3) is 5.91 Å². The van der Waals surface area contributed by atoms with E-state index in [9.17, 15) is 4.79 Å². The molecule has 7 heteroatoms. The first-order chi connectivity index (χ1) is 12.9. The molecular formula is C20H23ClN3O2S+. The topological polar surface area (TPSA) is 46.9 Å². The molecule has 0 unspecified atom stereocenters. The fourth-order valence-corrected chi connectivity index (χ4v) is 4.04. The number of carbonyl (C=O) groups excluding carboxylic acids is 1. The van der Waals surface area contributed by atoms with Crippen LogP contribution in [-0.4, -0.2) is 45.2 Å². The predicted octanol–water partition coefficient (Wildman–Crippen LogP) is 3.06. The van der Waals surface area contributed by atoms with E-state index in [1.807, 2.05) is 19.1 Å². The number of methoxy groups -OCH3 is 1. The van der Waals surface area contributed by atoms with Crippen LogP contribution in [0.25, 0.3) is 10.2 Å². The molecule has 0 saturated heterocycles. The van der Waals surface area contributed by atoms with Gasteiger partial charge in [-0.05, 0) is 36.8 Å². The molecule has 27 heavy (non-hydrogen) atoms. The van der Waals surface area contributed by atoms with Crippen molar-refractivity contribution in [1.29, 1.82) is 0 Å². The first kappa shape index (κ1) is 19.6. The summed E-state index contributed by atoms with van der Waals surface area (Å²) < 4.78 is 6.49. The minimum absolute atomic E-state index is 0.102. The molecule has 1 amide bonds. The summed E-state index contributed by atoms with van der Waals surface area (Å²) in [7, 11) is 5.76. The summed E-state index contributed by atoms with van der Waals surface area (Å²) in [5, 5.41) is 1.21. The predicted molar refractivity (Wildman–Crippen MR) is 112 cm³/mol. The van der Waals surface area contributed by atoms with Crippen molar-refractivity contribution in [2.45, 2.75) is 6.92 Å². The highest BCUT2D eigenvalue weighted by molar-refractivity contribution is 7.22. The molecule has 0 atom stereocenters. The summed E-state index contributed by atoms with van der Waals surface area (Å²) in [6, 6.07) is 10.9. The van der Waals surface area contributed by atoms with Crippen LogP contribution in [0.3, 0.4) is 0 Å².